The maximum atomic E-state index is 12.9. The van der Waals surface area contributed by atoms with E-state index in [9.17, 15) is 18.0 Å². The third-order valence-electron chi connectivity index (χ3n) is 6.06. The minimum atomic E-state index is -3.74. The molecule has 32 heavy (non-hydrogen) atoms. The molecule has 0 atom stereocenters. The van der Waals surface area contributed by atoms with E-state index in [1.165, 1.54) is 21.1 Å². The minimum absolute atomic E-state index is 0.0374. The van der Waals surface area contributed by atoms with Gasteiger partial charge in [0.05, 0.1) is 0 Å². The van der Waals surface area contributed by atoms with Crippen LogP contribution in [0.25, 0.3) is 10.9 Å². The fourth-order valence-electron chi connectivity index (χ4n) is 4.23. The molecule has 9 nitrogen and oxygen atoms in total. The number of sulfonamides is 1. The number of nitrogens with zero attached hydrogens (tertiary/aromatic N) is 2. The first-order valence-corrected chi connectivity index (χ1v) is 12.0. The van der Waals surface area contributed by atoms with Crippen LogP contribution < -0.4 is 11.1 Å². The lowest BCUT2D eigenvalue weighted by Gasteiger charge is -2.30. The van der Waals surface area contributed by atoms with Crippen molar-refractivity contribution in [3.05, 3.63) is 54.0 Å². The maximum absolute atomic E-state index is 12.9. The van der Waals surface area contributed by atoms with E-state index in [0.717, 1.165) is 22.9 Å². The zero-order chi connectivity index (χ0) is 22.9. The molecule has 2 amide bonds. The number of H-pyrrole nitrogens is 1. The van der Waals surface area contributed by atoms with Gasteiger partial charge >= 0.3 is 0 Å². The molecule has 1 aromatic carbocycles. The number of amides is 2. The van der Waals surface area contributed by atoms with Crippen molar-refractivity contribution in [2.75, 3.05) is 19.6 Å². The summed E-state index contributed by atoms with van der Waals surface area (Å²) in [7, 11) is -2.17. The summed E-state index contributed by atoms with van der Waals surface area (Å²) in [5.74, 6) is -0.948. The van der Waals surface area contributed by atoms with Gasteiger partial charge in [0.25, 0.3) is 5.91 Å². The average Bonchev–Trinajstić information content (AvgIpc) is 3.38. The summed E-state index contributed by atoms with van der Waals surface area (Å²) < 4.78 is 28.6. The third kappa shape index (κ3) is 4.28. The average molecular weight is 458 g/mol. The van der Waals surface area contributed by atoms with Gasteiger partial charge in [-0.05, 0) is 37.0 Å². The number of hydrogen-bond donors (Lipinski definition) is 3. The second kappa shape index (κ2) is 8.79. The summed E-state index contributed by atoms with van der Waals surface area (Å²) in [6.45, 7) is 1.03. The Morgan fingerprint density at radius 3 is 2.62 bits per heavy atom. The maximum Gasteiger partial charge on any atom is 0.265 e. The van der Waals surface area contributed by atoms with Gasteiger partial charge in [-0.3, -0.25) is 9.59 Å². The molecule has 0 unspecified atom stereocenters. The SMILES string of the molecule is Cn1cc(S(=O)(=O)N2CCC(C(=O)NCCc3c[nH]c4ccccc34)CC2)cc1C(N)=O. The van der Waals surface area contributed by atoms with E-state index in [0.29, 0.717) is 19.4 Å². The van der Waals surface area contributed by atoms with Gasteiger partial charge in [-0.25, -0.2) is 8.42 Å². The summed E-state index contributed by atoms with van der Waals surface area (Å²) in [6, 6.07) is 9.33. The highest BCUT2D eigenvalue weighted by Gasteiger charge is 2.33. The smallest absolute Gasteiger partial charge is 0.265 e. The quantitative estimate of drug-likeness (QED) is 0.494. The molecule has 4 rings (SSSR count). The van der Waals surface area contributed by atoms with Crippen LogP contribution in [0.3, 0.4) is 0 Å². The number of carbonyl (C=O) groups excluding carboxylic acids is 2. The van der Waals surface area contributed by atoms with Crippen molar-refractivity contribution >= 4 is 32.7 Å². The summed E-state index contributed by atoms with van der Waals surface area (Å²) >= 11 is 0. The van der Waals surface area contributed by atoms with Crippen LogP contribution in [-0.2, 0) is 28.3 Å². The molecule has 3 aromatic rings. The van der Waals surface area contributed by atoms with E-state index in [-0.39, 0.29) is 35.5 Å². The lowest BCUT2D eigenvalue weighted by Crippen LogP contribution is -2.43. The number of nitrogens with one attached hydrogen (secondary N) is 2. The molecule has 0 bridgehead atoms. The van der Waals surface area contributed by atoms with Crippen LogP contribution in [0.15, 0.2) is 47.6 Å². The number of rotatable bonds is 7. The summed E-state index contributed by atoms with van der Waals surface area (Å²) in [5, 5.41) is 4.14. The molecule has 2 aromatic heterocycles. The summed E-state index contributed by atoms with van der Waals surface area (Å²) in [6.07, 6.45) is 4.98. The predicted octanol–water partition coefficient (Wildman–Crippen LogP) is 1.36. The van der Waals surface area contributed by atoms with Crippen molar-refractivity contribution in [2.24, 2.45) is 18.7 Å². The van der Waals surface area contributed by atoms with Gasteiger partial charge < -0.3 is 20.6 Å². The van der Waals surface area contributed by atoms with Crippen molar-refractivity contribution in [3.8, 4) is 0 Å². The Kier molecular flexibility index (Phi) is 6.07. The number of carbonyl (C=O) groups is 2. The molecule has 1 saturated heterocycles. The molecule has 170 valence electrons. The van der Waals surface area contributed by atoms with Crippen molar-refractivity contribution < 1.29 is 18.0 Å². The number of aromatic nitrogens is 2. The van der Waals surface area contributed by atoms with Crippen molar-refractivity contribution in [3.63, 3.8) is 0 Å². The molecule has 1 aliphatic rings. The standard InChI is InChI=1S/C22H27N5O4S/c1-26-14-17(12-20(26)21(23)28)32(30,31)27-10-7-15(8-11-27)22(29)24-9-6-16-13-25-19-5-3-2-4-18(16)19/h2-5,12-15,25H,6-11H2,1H3,(H2,23,28)(H,24,29). The van der Waals surface area contributed by atoms with Crippen LogP contribution in [0.5, 0.6) is 0 Å². The number of nitrogens with two attached hydrogens (primary N) is 1. The third-order valence-corrected chi connectivity index (χ3v) is 7.93. The van der Waals surface area contributed by atoms with Crippen LogP contribution in [0.2, 0.25) is 0 Å². The molecule has 10 heteroatoms. The van der Waals surface area contributed by atoms with Gasteiger partial charge in [-0.2, -0.15) is 4.31 Å². The van der Waals surface area contributed by atoms with Gasteiger partial charge in [0.15, 0.2) is 0 Å². The van der Waals surface area contributed by atoms with Crippen molar-refractivity contribution in [1.29, 1.82) is 0 Å². The van der Waals surface area contributed by atoms with Crippen LogP contribution in [-0.4, -0.2) is 53.7 Å². The lowest BCUT2D eigenvalue weighted by molar-refractivity contribution is -0.126. The number of para-hydroxylation sites is 1. The largest absolute Gasteiger partial charge is 0.364 e. The van der Waals surface area contributed by atoms with E-state index in [4.69, 9.17) is 5.73 Å². The molecule has 1 fully saturated rings. The monoisotopic (exact) mass is 457 g/mol. The fraction of sp³-hybridized carbons (Fsp3) is 0.364. The van der Waals surface area contributed by atoms with Gasteiger partial charge in [0, 0.05) is 55.9 Å². The number of benzene rings is 1. The van der Waals surface area contributed by atoms with Gasteiger partial charge in [-0.15, -0.1) is 0 Å². The zero-order valence-corrected chi connectivity index (χ0v) is 18.7. The lowest BCUT2D eigenvalue weighted by atomic mass is 9.97. The number of fused-ring (bicyclic) bond motifs is 1. The Bertz CT molecular complexity index is 1250. The molecular weight excluding hydrogens is 430 g/mol. The van der Waals surface area contributed by atoms with E-state index in [1.54, 1.807) is 7.05 Å². The van der Waals surface area contributed by atoms with Gasteiger partial charge in [0.2, 0.25) is 15.9 Å². The van der Waals surface area contributed by atoms with E-state index < -0.39 is 15.9 Å². The second-order valence-electron chi connectivity index (χ2n) is 8.12. The molecule has 0 aliphatic carbocycles. The zero-order valence-electron chi connectivity index (χ0n) is 17.9. The number of piperidine rings is 1. The first-order valence-electron chi connectivity index (χ1n) is 10.6. The first-order chi connectivity index (χ1) is 15.3. The van der Waals surface area contributed by atoms with Gasteiger partial charge in [0.1, 0.15) is 10.6 Å². The molecule has 1 aliphatic heterocycles. The Morgan fingerprint density at radius 2 is 1.94 bits per heavy atom. The number of hydrogen-bond acceptors (Lipinski definition) is 4. The number of aryl methyl sites for hydroxylation is 1. The topological polar surface area (TPSA) is 130 Å². The normalized spacial score (nSPS) is 15.8. The Balaban J connectivity index is 1.30. The predicted molar refractivity (Wildman–Crippen MR) is 120 cm³/mol. The Hall–Kier alpha value is -3.11. The van der Waals surface area contributed by atoms with Crippen molar-refractivity contribution in [2.45, 2.75) is 24.2 Å². The van der Waals surface area contributed by atoms with E-state index >= 15 is 0 Å². The van der Waals surface area contributed by atoms with Crippen LogP contribution >= 0.6 is 0 Å². The first kappa shape index (κ1) is 22.1. The van der Waals surface area contributed by atoms with Crippen molar-refractivity contribution in [1.82, 2.24) is 19.2 Å². The highest BCUT2D eigenvalue weighted by molar-refractivity contribution is 7.89. The molecule has 0 saturated carbocycles. The fourth-order valence-corrected chi connectivity index (χ4v) is 5.77. The highest BCUT2D eigenvalue weighted by atomic mass is 32.2. The molecule has 0 radical (unpaired) electrons. The number of aromatic amines is 1. The van der Waals surface area contributed by atoms with Crippen LogP contribution in [0.4, 0.5) is 0 Å². The summed E-state index contributed by atoms with van der Waals surface area (Å²) in [4.78, 5) is 27.3. The van der Waals surface area contributed by atoms with E-state index in [1.807, 2.05) is 24.4 Å². The molecular formula is C22H27N5O4S. The van der Waals surface area contributed by atoms with Crippen LogP contribution in [0.1, 0.15) is 28.9 Å². The molecule has 0 spiro atoms. The van der Waals surface area contributed by atoms with E-state index in [2.05, 4.69) is 16.4 Å². The Labute approximate surface area is 186 Å². The minimum Gasteiger partial charge on any atom is -0.364 e. The van der Waals surface area contributed by atoms with Gasteiger partial charge in [-0.1, -0.05) is 18.2 Å². The molecule has 4 N–H and O–H groups in total. The summed E-state index contributed by atoms with van der Waals surface area (Å²) in [5.41, 5.74) is 7.64. The molecule has 3 heterocycles. The number of primary amides is 1. The highest BCUT2D eigenvalue weighted by Crippen LogP contribution is 2.25. The van der Waals surface area contributed by atoms with Crippen LogP contribution in [0, 0.1) is 5.92 Å². The Morgan fingerprint density at radius 1 is 1.22 bits per heavy atom. The second-order valence-corrected chi connectivity index (χ2v) is 10.1.